The highest BCUT2D eigenvalue weighted by Gasteiger charge is 2.22. The van der Waals surface area contributed by atoms with Gasteiger partial charge >= 0.3 is 0 Å². The standard InChI is InChI=1S/C12H14F4N2O/c1-6(3-2-4-17)12(19)18-11-9(15)7(13)5-8(14)10(11)16/h5-6H,2-4,17H2,1H3,(H,18,19). The van der Waals surface area contributed by atoms with Gasteiger partial charge in [0.2, 0.25) is 5.91 Å². The van der Waals surface area contributed by atoms with Crippen LogP contribution in [-0.4, -0.2) is 12.5 Å². The molecule has 0 aliphatic rings. The van der Waals surface area contributed by atoms with Gasteiger partial charge in [-0.15, -0.1) is 0 Å². The number of hydrogen-bond acceptors (Lipinski definition) is 2. The summed E-state index contributed by atoms with van der Waals surface area (Å²) >= 11 is 0. The summed E-state index contributed by atoms with van der Waals surface area (Å²) in [6.07, 6.45) is 0.959. The van der Waals surface area contributed by atoms with E-state index in [-0.39, 0.29) is 6.07 Å². The third kappa shape index (κ3) is 3.66. The molecule has 3 nitrogen and oxygen atoms in total. The van der Waals surface area contributed by atoms with E-state index in [1.54, 1.807) is 0 Å². The van der Waals surface area contributed by atoms with Crippen LogP contribution in [0.3, 0.4) is 0 Å². The van der Waals surface area contributed by atoms with Gasteiger partial charge in [-0.25, -0.2) is 17.6 Å². The van der Waals surface area contributed by atoms with Gasteiger partial charge < -0.3 is 11.1 Å². The molecule has 0 radical (unpaired) electrons. The van der Waals surface area contributed by atoms with Crippen LogP contribution in [-0.2, 0) is 4.79 Å². The number of halogens is 4. The van der Waals surface area contributed by atoms with Crippen molar-refractivity contribution < 1.29 is 22.4 Å². The molecule has 1 atom stereocenters. The number of rotatable bonds is 5. The Morgan fingerprint density at radius 2 is 1.79 bits per heavy atom. The zero-order valence-corrected chi connectivity index (χ0v) is 10.3. The first-order chi connectivity index (χ1) is 8.88. The predicted molar refractivity (Wildman–Crippen MR) is 62.4 cm³/mol. The molecule has 106 valence electrons. The van der Waals surface area contributed by atoms with Crippen LogP contribution in [0.4, 0.5) is 23.2 Å². The summed E-state index contributed by atoms with van der Waals surface area (Å²) in [5.41, 5.74) is 4.16. The van der Waals surface area contributed by atoms with E-state index in [2.05, 4.69) is 0 Å². The number of carbonyl (C=O) groups excluding carboxylic acids is 1. The van der Waals surface area contributed by atoms with Crippen molar-refractivity contribution in [2.75, 3.05) is 11.9 Å². The molecule has 0 aliphatic heterocycles. The van der Waals surface area contributed by atoms with Crippen LogP contribution in [0.5, 0.6) is 0 Å². The summed E-state index contributed by atoms with van der Waals surface area (Å²) in [5, 5.41) is 1.86. The predicted octanol–water partition coefficient (Wildman–Crippen LogP) is 2.56. The fourth-order valence-electron chi connectivity index (χ4n) is 1.48. The zero-order chi connectivity index (χ0) is 14.6. The molecule has 1 aromatic rings. The lowest BCUT2D eigenvalue weighted by molar-refractivity contribution is -0.119. The summed E-state index contributed by atoms with van der Waals surface area (Å²) in [4.78, 5) is 11.6. The number of benzene rings is 1. The molecular formula is C12H14F4N2O. The van der Waals surface area contributed by atoms with E-state index in [1.165, 1.54) is 6.92 Å². The van der Waals surface area contributed by atoms with Crippen LogP contribution < -0.4 is 11.1 Å². The van der Waals surface area contributed by atoms with Gasteiger partial charge in [0, 0.05) is 12.0 Å². The highest BCUT2D eigenvalue weighted by Crippen LogP contribution is 2.24. The summed E-state index contributed by atoms with van der Waals surface area (Å²) in [6.45, 7) is 1.89. The Morgan fingerprint density at radius 1 is 1.26 bits per heavy atom. The lowest BCUT2D eigenvalue weighted by Gasteiger charge is -2.13. The molecular weight excluding hydrogens is 264 g/mol. The van der Waals surface area contributed by atoms with Gasteiger partial charge in [0.05, 0.1) is 0 Å². The fraction of sp³-hybridized carbons (Fsp3) is 0.417. The molecule has 1 aromatic carbocycles. The van der Waals surface area contributed by atoms with Crippen LogP contribution >= 0.6 is 0 Å². The molecule has 0 saturated heterocycles. The molecule has 0 saturated carbocycles. The minimum atomic E-state index is -1.63. The molecule has 19 heavy (non-hydrogen) atoms. The Morgan fingerprint density at radius 3 is 2.26 bits per heavy atom. The number of anilines is 1. The Balaban J connectivity index is 2.91. The first kappa shape index (κ1) is 15.4. The SMILES string of the molecule is CC(CCCN)C(=O)Nc1c(F)c(F)cc(F)c1F. The van der Waals surface area contributed by atoms with Gasteiger partial charge in [-0.3, -0.25) is 4.79 Å². The lowest BCUT2D eigenvalue weighted by Crippen LogP contribution is -2.23. The van der Waals surface area contributed by atoms with Crippen molar-refractivity contribution in [3.63, 3.8) is 0 Å². The van der Waals surface area contributed by atoms with Gasteiger partial charge in [0.25, 0.3) is 0 Å². The molecule has 0 aromatic heterocycles. The Bertz CT molecular complexity index is 453. The molecule has 1 unspecified atom stereocenters. The van der Waals surface area contributed by atoms with Crippen molar-refractivity contribution in [3.05, 3.63) is 29.3 Å². The third-order valence-electron chi connectivity index (χ3n) is 2.65. The average Bonchev–Trinajstić information content (AvgIpc) is 2.38. The quantitative estimate of drug-likeness (QED) is 0.642. The first-order valence-electron chi connectivity index (χ1n) is 5.72. The molecule has 1 amide bonds. The Hall–Kier alpha value is -1.63. The van der Waals surface area contributed by atoms with E-state index in [0.717, 1.165) is 0 Å². The smallest absolute Gasteiger partial charge is 0.227 e. The van der Waals surface area contributed by atoms with Crippen molar-refractivity contribution in [2.45, 2.75) is 19.8 Å². The molecule has 1 rings (SSSR count). The minimum Gasteiger partial charge on any atom is -0.330 e. The minimum absolute atomic E-state index is 0.0815. The van der Waals surface area contributed by atoms with Crippen LogP contribution in [0.2, 0.25) is 0 Å². The summed E-state index contributed by atoms with van der Waals surface area (Å²) in [7, 11) is 0. The van der Waals surface area contributed by atoms with Crippen molar-refractivity contribution in [1.82, 2.24) is 0 Å². The average molecular weight is 278 g/mol. The molecule has 7 heteroatoms. The van der Waals surface area contributed by atoms with Crippen molar-refractivity contribution >= 4 is 11.6 Å². The third-order valence-corrected chi connectivity index (χ3v) is 2.65. The van der Waals surface area contributed by atoms with E-state index < -0.39 is 40.8 Å². The fourth-order valence-corrected chi connectivity index (χ4v) is 1.48. The highest BCUT2D eigenvalue weighted by molar-refractivity contribution is 5.92. The van der Waals surface area contributed by atoms with Crippen molar-refractivity contribution in [2.24, 2.45) is 11.7 Å². The normalized spacial score (nSPS) is 12.3. The molecule has 0 spiro atoms. The highest BCUT2D eigenvalue weighted by atomic mass is 19.2. The zero-order valence-electron chi connectivity index (χ0n) is 10.3. The van der Waals surface area contributed by atoms with E-state index in [1.807, 2.05) is 5.32 Å². The largest absolute Gasteiger partial charge is 0.330 e. The molecule has 0 fully saturated rings. The lowest BCUT2D eigenvalue weighted by atomic mass is 10.0. The van der Waals surface area contributed by atoms with E-state index in [0.29, 0.717) is 19.4 Å². The van der Waals surface area contributed by atoms with Crippen molar-refractivity contribution in [3.8, 4) is 0 Å². The summed E-state index contributed by atoms with van der Waals surface area (Å²) in [6, 6.07) is 0.0815. The van der Waals surface area contributed by atoms with Gasteiger partial charge in [-0.05, 0) is 19.4 Å². The van der Waals surface area contributed by atoms with Crippen LogP contribution in [0.15, 0.2) is 6.07 Å². The van der Waals surface area contributed by atoms with Crippen molar-refractivity contribution in [1.29, 1.82) is 0 Å². The second-order valence-corrected chi connectivity index (χ2v) is 4.16. The van der Waals surface area contributed by atoms with E-state index >= 15 is 0 Å². The number of nitrogens with two attached hydrogens (primary N) is 1. The molecule has 3 N–H and O–H groups in total. The van der Waals surface area contributed by atoms with Crippen LogP contribution in [0.25, 0.3) is 0 Å². The maximum atomic E-state index is 13.3. The Labute approximate surface area is 107 Å². The maximum absolute atomic E-state index is 13.3. The second-order valence-electron chi connectivity index (χ2n) is 4.16. The summed E-state index contributed by atoms with van der Waals surface area (Å²) < 4.78 is 52.5. The van der Waals surface area contributed by atoms with Gasteiger partial charge in [-0.2, -0.15) is 0 Å². The number of amides is 1. The number of hydrogen-bond donors (Lipinski definition) is 2. The number of nitrogens with one attached hydrogen (secondary N) is 1. The number of carbonyl (C=O) groups is 1. The maximum Gasteiger partial charge on any atom is 0.227 e. The van der Waals surface area contributed by atoms with Gasteiger partial charge in [-0.1, -0.05) is 6.92 Å². The second kappa shape index (κ2) is 6.51. The van der Waals surface area contributed by atoms with Gasteiger partial charge in [0.1, 0.15) is 5.69 Å². The van der Waals surface area contributed by atoms with E-state index in [4.69, 9.17) is 5.73 Å². The monoisotopic (exact) mass is 278 g/mol. The topological polar surface area (TPSA) is 55.1 Å². The van der Waals surface area contributed by atoms with E-state index in [9.17, 15) is 22.4 Å². The van der Waals surface area contributed by atoms with Crippen LogP contribution in [0.1, 0.15) is 19.8 Å². The molecule has 0 bridgehead atoms. The van der Waals surface area contributed by atoms with Gasteiger partial charge in [0.15, 0.2) is 23.3 Å². The summed E-state index contributed by atoms with van der Waals surface area (Å²) in [5.74, 6) is -7.69. The van der Waals surface area contributed by atoms with Crippen LogP contribution in [0, 0.1) is 29.2 Å². The first-order valence-corrected chi connectivity index (χ1v) is 5.72. The molecule has 0 heterocycles. The molecule has 0 aliphatic carbocycles. The Kier molecular flexibility index (Phi) is 5.29.